The third-order valence-electron chi connectivity index (χ3n) is 3.25. The van der Waals surface area contributed by atoms with Gasteiger partial charge >= 0.3 is 5.97 Å². The van der Waals surface area contributed by atoms with E-state index in [1.54, 1.807) is 12.4 Å². The molecule has 1 fully saturated rings. The highest BCUT2D eigenvalue weighted by Gasteiger charge is 2.40. The molecule has 92 valence electrons. The lowest BCUT2D eigenvalue weighted by Gasteiger charge is -2.40. The van der Waals surface area contributed by atoms with Gasteiger partial charge in [0.25, 0.3) is 0 Å². The summed E-state index contributed by atoms with van der Waals surface area (Å²) in [5, 5.41) is 0. The monoisotopic (exact) mass is 235 g/mol. The molecule has 4 nitrogen and oxygen atoms in total. The minimum Gasteiger partial charge on any atom is -0.469 e. The fraction of sp³-hybridized carbons (Fsp3) is 0.538. The number of hydrogen-bond donors (Lipinski definition) is 0. The number of hydrogen-bond acceptors (Lipinski definition) is 4. The van der Waals surface area contributed by atoms with Gasteiger partial charge in [-0.3, -0.25) is 9.78 Å². The molecule has 0 unspecified atom stereocenters. The van der Waals surface area contributed by atoms with Crippen LogP contribution in [0.5, 0.6) is 0 Å². The van der Waals surface area contributed by atoms with E-state index in [-0.39, 0.29) is 11.6 Å². The van der Waals surface area contributed by atoms with Crippen LogP contribution in [0.25, 0.3) is 0 Å². The van der Waals surface area contributed by atoms with Crippen molar-refractivity contribution in [2.24, 2.45) is 0 Å². The maximum Gasteiger partial charge on any atom is 0.308 e. The SMILES string of the molecule is COC(=O)CC1(OCc2ccncc2)CCC1. The van der Waals surface area contributed by atoms with Crippen LogP contribution in [0, 0.1) is 0 Å². The molecule has 4 heteroatoms. The maximum atomic E-state index is 11.3. The second-order valence-electron chi connectivity index (χ2n) is 4.43. The third-order valence-corrected chi connectivity index (χ3v) is 3.25. The summed E-state index contributed by atoms with van der Waals surface area (Å²) in [6.45, 7) is 0.527. The summed E-state index contributed by atoms with van der Waals surface area (Å²) < 4.78 is 10.6. The highest BCUT2D eigenvalue weighted by Crippen LogP contribution is 2.39. The molecule has 0 aromatic carbocycles. The van der Waals surface area contributed by atoms with E-state index in [1.165, 1.54) is 7.11 Å². The molecule has 0 amide bonds. The largest absolute Gasteiger partial charge is 0.469 e. The molecule has 1 aromatic heterocycles. The van der Waals surface area contributed by atoms with Crippen molar-refractivity contribution in [3.63, 3.8) is 0 Å². The van der Waals surface area contributed by atoms with Gasteiger partial charge in [0.15, 0.2) is 0 Å². The summed E-state index contributed by atoms with van der Waals surface area (Å²) in [4.78, 5) is 15.3. The van der Waals surface area contributed by atoms with Crippen LogP contribution in [0.15, 0.2) is 24.5 Å². The summed E-state index contributed by atoms with van der Waals surface area (Å²) in [7, 11) is 1.41. The lowest BCUT2D eigenvalue weighted by molar-refractivity contribution is -0.159. The van der Waals surface area contributed by atoms with E-state index in [4.69, 9.17) is 9.47 Å². The molecule has 1 aromatic rings. The third kappa shape index (κ3) is 3.03. The molecule has 17 heavy (non-hydrogen) atoms. The smallest absolute Gasteiger partial charge is 0.308 e. The van der Waals surface area contributed by atoms with Gasteiger partial charge in [-0.05, 0) is 37.0 Å². The second kappa shape index (κ2) is 5.27. The molecule has 0 spiro atoms. The van der Waals surface area contributed by atoms with Crippen molar-refractivity contribution in [1.29, 1.82) is 0 Å². The van der Waals surface area contributed by atoms with Gasteiger partial charge in [0.2, 0.25) is 0 Å². The van der Waals surface area contributed by atoms with Crippen molar-refractivity contribution in [2.45, 2.75) is 37.9 Å². The molecule has 1 heterocycles. The molecule has 0 atom stereocenters. The number of nitrogens with zero attached hydrogens (tertiary/aromatic N) is 1. The van der Waals surface area contributed by atoms with Crippen LogP contribution in [0.3, 0.4) is 0 Å². The molecule has 1 aliphatic carbocycles. The maximum absolute atomic E-state index is 11.3. The van der Waals surface area contributed by atoms with Gasteiger partial charge in [0.1, 0.15) is 0 Å². The van der Waals surface area contributed by atoms with Gasteiger partial charge in [0.05, 0.1) is 25.7 Å². The van der Waals surface area contributed by atoms with E-state index >= 15 is 0 Å². The first-order valence-corrected chi connectivity index (χ1v) is 5.84. The van der Waals surface area contributed by atoms with E-state index in [2.05, 4.69) is 4.98 Å². The van der Waals surface area contributed by atoms with Crippen molar-refractivity contribution in [3.8, 4) is 0 Å². The van der Waals surface area contributed by atoms with Crippen molar-refractivity contribution in [3.05, 3.63) is 30.1 Å². The van der Waals surface area contributed by atoms with Crippen molar-refractivity contribution in [2.75, 3.05) is 7.11 Å². The van der Waals surface area contributed by atoms with E-state index < -0.39 is 0 Å². The van der Waals surface area contributed by atoms with Crippen LogP contribution in [-0.2, 0) is 20.9 Å². The van der Waals surface area contributed by atoms with Crippen LogP contribution >= 0.6 is 0 Å². The topological polar surface area (TPSA) is 48.4 Å². The average Bonchev–Trinajstić information content (AvgIpc) is 2.33. The predicted octanol–water partition coefficient (Wildman–Crippen LogP) is 2.08. The second-order valence-corrected chi connectivity index (χ2v) is 4.43. The van der Waals surface area contributed by atoms with Crippen molar-refractivity contribution in [1.82, 2.24) is 4.98 Å². The summed E-state index contributed by atoms with van der Waals surface area (Å²) >= 11 is 0. The van der Waals surface area contributed by atoms with E-state index in [0.29, 0.717) is 13.0 Å². The number of aromatic nitrogens is 1. The van der Waals surface area contributed by atoms with E-state index in [9.17, 15) is 4.79 Å². The molecule has 1 aliphatic rings. The van der Waals surface area contributed by atoms with Crippen LogP contribution < -0.4 is 0 Å². The number of rotatable bonds is 5. The van der Waals surface area contributed by atoms with Gasteiger partial charge in [-0.25, -0.2) is 0 Å². The van der Waals surface area contributed by atoms with Crippen LogP contribution in [-0.4, -0.2) is 23.7 Å². The molecular formula is C13H17NO3. The minimum atomic E-state index is -0.295. The zero-order valence-electron chi connectivity index (χ0n) is 10.0. The molecule has 1 saturated carbocycles. The summed E-state index contributed by atoms with van der Waals surface area (Å²) in [6, 6.07) is 3.84. The standard InChI is InChI=1S/C13H17NO3/c1-16-12(15)9-13(5-2-6-13)17-10-11-3-7-14-8-4-11/h3-4,7-8H,2,5-6,9-10H2,1H3. The molecule has 0 aliphatic heterocycles. The minimum absolute atomic E-state index is 0.195. The Morgan fingerprint density at radius 3 is 2.65 bits per heavy atom. The predicted molar refractivity (Wildman–Crippen MR) is 62.2 cm³/mol. The number of ether oxygens (including phenoxy) is 2. The summed E-state index contributed by atoms with van der Waals surface area (Å²) in [6.07, 6.45) is 6.83. The highest BCUT2D eigenvalue weighted by atomic mass is 16.5. The number of methoxy groups -OCH3 is 1. The normalized spacial score (nSPS) is 17.2. The number of carbonyl (C=O) groups is 1. The quantitative estimate of drug-likeness (QED) is 0.733. The Bertz CT molecular complexity index is 374. The first-order valence-electron chi connectivity index (χ1n) is 5.84. The first-order chi connectivity index (χ1) is 8.24. The van der Waals surface area contributed by atoms with Crippen LogP contribution in [0.4, 0.5) is 0 Å². The molecular weight excluding hydrogens is 218 g/mol. The Balaban J connectivity index is 1.89. The van der Waals surface area contributed by atoms with Gasteiger partial charge in [0, 0.05) is 12.4 Å². The van der Waals surface area contributed by atoms with Crippen LogP contribution in [0.1, 0.15) is 31.2 Å². The van der Waals surface area contributed by atoms with Gasteiger partial charge in [-0.15, -0.1) is 0 Å². The fourth-order valence-corrected chi connectivity index (χ4v) is 1.99. The Labute approximate surface area is 101 Å². The zero-order valence-corrected chi connectivity index (χ0v) is 10.0. The average molecular weight is 235 g/mol. The van der Waals surface area contributed by atoms with E-state index in [0.717, 1.165) is 24.8 Å². The Kier molecular flexibility index (Phi) is 3.74. The van der Waals surface area contributed by atoms with Crippen LogP contribution in [0.2, 0.25) is 0 Å². The molecule has 0 saturated heterocycles. The summed E-state index contributed by atoms with van der Waals surface area (Å²) in [5.74, 6) is -0.195. The zero-order chi connectivity index (χ0) is 12.1. The Morgan fingerprint density at radius 1 is 1.41 bits per heavy atom. The van der Waals surface area contributed by atoms with E-state index in [1.807, 2.05) is 12.1 Å². The Morgan fingerprint density at radius 2 is 2.12 bits per heavy atom. The molecule has 0 bridgehead atoms. The lowest BCUT2D eigenvalue weighted by Crippen LogP contribution is -2.42. The molecule has 2 rings (SSSR count). The van der Waals surface area contributed by atoms with Crippen molar-refractivity contribution >= 4 is 5.97 Å². The van der Waals surface area contributed by atoms with Gasteiger partial charge < -0.3 is 9.47 Å². The first kappa shape index (κ1) is 12.0. The molecule has 0 N–H and O–H groups in total. The lowest BCUT2D eigenvalue weighted by atomic mass is 9.77. The highest BCUT2D eigenvalue weighted by molar-refractivity contribution is 5.70. The Hall–Kier alpha value is -1.42. The number of carbonyl (C=O) groups excluding carboxylic acids is 1. The molecule has 0 radical (unpaired) electrons. The fourth-order valence-electron chi connectivity index (χ4n) is 1.99. The van der Waals surface area contributed by atoms with Crippen molar-refractivity contribution < 1.29 is 14.3 Å². The van der Waals surface area contributed by atoms with Gasteiger partial charge in [-0.2, -0.15) is 0 Å². The number of pyridine rings is 1. The van der Waals surface area contributed by atoms with Gasteiger partial charge in [-0.1, -0.05) is 0 Å². The summed E-state index contributed by atoms with van der Waals surface area (Å²) in [5.41, 5.74) is 0.784. The number of esters is 1.